The van der Waals surface area contributed by atoms with E-state index >= 15 is 0 Å². The molecule has 0 aliphatic carbocycles. The van der Waals surface area contributed by atoms with Crippen molar-refractivity contribution in [2.75, 3.05) is 89.4 Å². The summed E-state index contributed by atoms with van der Waals surface area (Å²) < 4.78 is 14.4. The maximum Gasteiger partial charge on any atom is 0.294 e. The first-order valence-electron chi connectivity index (χ1n) is 23.2. The summed E-state index contributed by atoms with van der Waals surface area (Å²) in [6.45, 7) is 3.02. The van der Waals surface area contributed by atoms with E-state index in [1.54, 1.807) is 31.4 Å². The van der Waals surface area contributed by atoms with Gasteiger partial charge in [-0.1, -0.05) is 23.7 Å². The van der Waals surface area contributed by atoms with E-state index in [1.165, 1.54) is 31.9 Å². The van der Waals surface area contributed by atoms with E-state index in [-0.39, 0.29) is 22.0 Å². The molecule has 0 spiro atoms. The highest BCUT2D eigenvalue weighted by Gasteiger charge is 2.32. The van der Waals surface area contributed by atoms with Crippen LogP contribution < -0.4 is 30.3 Å². The number of nitrogen functional groups attached to an aromatic ring is 1. The van der Waals surface area contributed by atoms with Gasteiger partial charge in [-0.15, -0.1) is 0 Å². The smallest absolute Gasteiger partial charge is 0.294 e. The van der Waals surface area contributed by atoms with E-state index in [2.05, 4.69) is 45.2 Å². The molecular formula is C50H57ClN16O6. The first-order chi connectivity index (χ1) is 35.0. The first-order valence-corrected chi connectivity index (χ1v) is 23.6. The molecule has 2 unspecified atom stereocenters. The fourth-order valence-electron chi connectivity index (χ4n) is 9.00. The molecule has 8 aromatic rings. The highest BCUT2D eigenvalue weighted by atomic mass is 35.5. The second kappa shape index (κ2) is 22.1. The van der Waals surface area contributed by atoms with Crippen molar-refractivity contribution >= 4 is 73.3 Å². The molecule has 2 atom stereocenters. The predicted octanol–water partition coefficient (Wildman–Crippen LogP) is 7.84. The molecule has 6 heterocycles. The Balaban J connectivity index is 0.000000161. The largest absolute Gasteiger partial charge is 0.495 e. The van der Waals surface area contributed by atoms with Gasteiger partial charge in [0.2, 0.25) is 0 Å². The van der Waals surface area contributed by atoms with Crippen molar-refractivity contribution in [1.82, 2.24) is 49.3 Å². The standard InChI is InChI=1S/C25H28N8O3.C13H20N4O3.C12H9ClN4/c1-30(2)18-7-8-32(14-18)22-12-24(36-4)20(10-23(22)33(34)35)29-25-11-19(26-15-27-25)16-5-6-21-17(9-16)13-28-31(21)3;1-15(2)9-4-5-16(8-9)11-7-13(20-3)10(14)6-12(11)17(18)19;1-17-11-3-2-8(4-9(11)6-16-17)10-5-12(13)15-7-14-10/h5-6,9-13,15,18H,7-8,14H2,1-4H3,(H,26,27,29);6-7,9H,4-5,8,14H2,1-3H3;2-7H,1H3. The van der Waals surface area contributed by atoms with E-state index in [0.717, 1.165) is 83.3 Å². The van der Waals surface area contributed by atoms with Gasteiger partial charge >= 0.3 is 0 Å². The van der Waals surface area contributed by atoms with Gasteiger partial charge in [-0.3, -0.25) is 29.6 Å². The van der Waals surface area contributed by atoms with Crippen LogP contribution >= 0.6 is 11.6 Å². The number of nitrogens with zero attached hydrogens (tertiary/aromatic N) is 14. The number of aryl methyl sites for hydroxylation is 2. The molecule has 10 rings (SSSR count). The van der Waals surface area contributed by atoms with Crippen molar-refractivity contribution in [2.24, 2.45) is 14.1 Å². The molecule has 0 saturated carbocycles. The average molecular weight is 1010 g/mol. The second-order valence-corrected chi connectivity index (χ2v) is 18.5. The summed E-state index contributed by atoms with van der Waals surface area (Å²) in [6.07, 6.45) is 8.50. The van der Waals surface area contributed by atoms with Crippen molar-refractivity contribution in [1.29, 1.82) is 0 Å². The summed E-state index contributed by atoms with van der Waals surface area (Å²) in [4.78, 5) is 47.7. The minimum atomic E-state index is -0.395. The molecule has 4 aromatic heterocycles. The number of fused-ring (bicyclic) bond motifs is 2. The van der Waals surface area contributed by atoms with Crippen LogP contribution in [0.4, 0.5) is 39.9 Å². The number of hydrogen-bond acceptors (Lipinski definition) is 18. The van der Waals surface area contributed by atoms with Gasteiger partial charge in [-0.25, -0.2) is 19.9 Å². The number of methoxy groups -OCH3 is 2. The maximum absolute atomic E-state index is 12.0. The minimum Gasteiger partial charge on any atom is -0.495 e. The summed E-state index contributed by atoms with van der Waals surface area (Å²) in [5, 5.41) is 37.5. The molecule has 22 nitrogen and oxygen atoms in total. The lowest BCUT2D eigenvalue weighted by atomic mass is 10.1. The maximum atomic E-state index is 12.0. The van der Waals surface area contributed by atoms with E-state index in [0.29, 0.717) is 51.6 Å². The van der Waals surface area contributed by atoms with Gasteiger partial charge in [-0.05, 0) is 65.3 Å². The highest BCUT2D eigenvalue weighted by molar-refractivity contribution is 6.29. The first kappa shape index (κ1) is 51.2. The number of halogens is 1. The second-order valence-electron chi connectivity index (χ2n) is 18.1. The van der Waals surface area contributed by atoms with Gasteiger partial charge in [0, 0.05) is 111 Å². The number of nitro groups is 2. The quantitative estimate of drug-likeness (QED) is 0.0512. The van der Waals surface area contributed by atoms with E-state index in [1.807, 2.05) is 110 Å². The normalized spacial score (nSPS) is 15.3. The Morgan fingerprint density at radius 3 is 1.64 bits per heavy atom. The van der Waals surface area contributed by atoms with E-state index < -0.39 is 4.92 Å². The third-order valence-electron chi connectivity index (χ3n) is 13.1. The van der Waals surface area contributed by atoms with Crippen molar-refractivity contribution in [2.45, 2.75) is 24.9 Å². The lowest BCUT2D eigenvalue weighted by Crippen LogP contribution is -2.31. The molecule has 4 aromatic carbocycles. The van der Waals surface area contributed by atoms with Gasteiger partial charge in [0.15, 0.2) is 0 Å². The number of nitro benzene ring substituents is 2. The van der Waals surface area contributed by atoms with Gasteiger partial charge in [0.1, 0.15) is 46.5 Å². The molecule has 380 valence electrons. The Morgan fingerprint density at radius 2 is 1.16 bits per heavy atom. The summed E-state index contributed by atoms with van der Waals surface area (Å²) in [5.74, 6) is 1.47. The molecule has 3 N–H and O–H groups in total. The summed E-state index contributed by atoms with van der Waals surface area (Å²) in [5.41, 5.74) is 13.3. The molecule has 73 heavy (non-hydrogen) atoms. The molecule has 0 radical (unpaired) electrons. The zero-order chi connectivity index (χ0) is 52.1. The third kappa shape index (κ3) is 11.5. The Bertz CT molecular complexity index is 3290. The highest BCUT2D eigenvalue weighted by Crippen LogP contribution is 2.42. The monoisotopic (exact) mass is 1010 g/mol. The van der Waals surface area contributed by atoms with Crippen LogP contribution in [-0.2, 0) is 14.1 Å². The van der Waals surface area contributed by atoms with Crippen molar-refractivity contribution in [3.63, 3.8) is 0 Å². The Labute approximate surface area is 426 Å². The molecule has 2 fully saturated rings. The molecule has 0 bridgehead atoms. The van der Waals surface area contributed by atoms with Gasteiger partial charge in [0.25, 0.3) is 11.4 Å². The number of likely N-dealkylation sites (N-methyl/N-ethyl adjacent to an activating group) is 2. The molecule has 0 amide bonds. The van der Waals surface area contributed by atoms with Crippen LogP contribution in [-0.4, -0.2) is 140 Å². The number of benzene rings is 4. The minimum absolute atomic E-state index is 0.0222. The van der Waals surface area contributed by atoms with E-state index in [9.17, 15) is 20.2 Å². The number of hydrogen-bond donors (Lipinski definition) is 2. The molecule has 2 saturated heterocycles. The van der Waals surface area contributed by atoms with Crippen LogP contribution in [0.25, 0.3) is 44.3 Å². The fraction of sp³-hybridized carbons (Fsp3) is 0.320. The lowest BCUT2D eigenvalue weighted by Gasteiger charge is -2.23. The van der Waals surface area contributed by atoms with Crippen molar-refractivity contribution in [3.05, 3.63) is 123 Å². The molecule has 23 heteroatoms. The fourth-order valence-corrected chi connectivity index (χ4v) is 9.14. The van der Waals surface area contributed by atoms with Crippen LogP contribution in [0.3, 0.4) is 0 Å². The van der Waals surface area contributed by atoms with Gasteiger partial charge in [-0.2, -0.15) is 10.2 Å². The van der Waals surface area contributed by atoms with Crippen LogP contribution in [0, 0.1) is 20.2 Å². The number of anilines is 5. The number of rotatable bonds is 12. The lowest BCUT2D eigenvalue weighted by molar-refractivity contribution is -0.384. The van der Waals surface area contributed by atoms with Crippen LogP contribution in [0.1, 0.15) is 12.8 Å². The average Bonchev–Trinajstić information content (AvgIpc) is 4.22. The van der Waals surface area contributed by atoms with Crippen molar-refractivity contribution < 1.29 is 19.3 Å². The van der Waals surface area contributed by atoms with E-state index in [4.69, 9.17) is 26.8 Å². The zero-order valence-corrected chi connectivity index (χ0v) is 42.6. The number of ether oxygens (including phenoxy) is 2. The number of aromatic nitrogens is 8. The Hall–Kier alpha value is -8.21. The Kier molecular flexibility index (Phi) is 15.5. The van der Waals surface area contributed by atoms with Crippen LogP contribution in [0.2, 0.25) is 5.15 Å². The van der Waals surface area contributed by atoms with Crippen LogP contribution in [0.15, 0.2) is 97.8 Å². The summed E-state index contributed by atoms with van der Waals surface area (Å²) in [7, 11) is 15.0. The molecular weight excluding hydrogens is 956 g/mol. The summed E-state index contributed by atoms with van der Waals surface area (Å²) in [6, 6.07) is 22.6. The topological polar surface area (TPSA) is 243 Å². The summed E-state index contributed by atoms with van der Waals surface area (Å²) >= 11 is 5.85. The SMILES string of the molecule is COc1cc(N2CCC(N(C)C)C2)c([N+](=O)[O-])cc1N.COc1cc(N2CCC(N(C)C)C2)c([N+](=O)[O-])cc1Nc1cc(-c2ccc3c(cnn3C)c2)ncn1.Cn1ncc2cc(-c3cc(Cl)ncn3)ccc21. The zero-order valence-electron chi connectivity index (χ0n) is 41.8. The third-order valence-corrected chi connectivity index (χ3v) is 13.3. The number of nitrogens with two attached hydrogens (primary N) is 1. The van der Waals surface area contributed by atoms with Crippen molar-refractivity contribution in [3.8, 4) is 34.0 Å². The predicted molar refractivity (Wildman–Crippen MR) is 284 cm³/mol. The Morgan fingerprint density at radius 1 is 0.671 bits per heavy atom. The van der Waals surface area contributed by atoms with Gasteiger partial charge < -0.3 is 40.1 Å². The van der Waals surface area contributed by atoms with Gasteiger partial charge in [0.05, 0.1) is 70.3 Å². The number of nitrogens with one attached hydrogen (secondary N) is 1. The molecule has 2 aliphatic heterocycles. The molecule has 2 aliphatic rings. The van der Waals surface area contributed by atoms with Crippen LogP contribution in [0.5, 0.6) is 11.5 Å².